The Hall–Kier alpha value is -3.01. The number of carbonyl (C=O) groups excluding carboxylic acids is 1. The van der Waals surface area contributed by atoms with Gasteiger partial charge in [-0.25, -0.2) is 13.1 Å². The fourth-order valence-corrected chi connectivity index (χ4v) is 6.55. The number of aromatic nitrogens is 2. The van der Waals surface area contributed by atoms with Crippen LogP contribution in [-0.2, 0) is 21.9 Å². The van der Waals surface area contributed by atoms with E-state index in [-0.39, 0.29) is 16.8 Å². The molecule has 4 heterocycles. The van der Waals surface area contributed by atoms with E-state index in [0.29, 0.717) is 24.1 Å². The van der Waals surface area contributed by atoms with Crippen LogP contribution in [0.5, 0.6) is 0 Å². The van der Waals surface area contributed by atoms with Crippen molar-refractivity contribution in [1.82, 2.24) is 19.4 Å². The number of piperidine rings is 3. The van der Waals surface area contributed by atoms with E-state index < -0.39 is 10.0 Å². The minimum absolute atomic E-state index is 0.181. The van der Waals surface area contributed by atoms with Crippen molar-refractivity contribution in [2.45, 2.75) is 36.6 Å². The minimum atomic E-state index is -3.62. The average molecular weight is 494 g/mol. The maximum Gasteiger partial charge on any atom is 0.240 e. The molecule has 3 saturated heterocycles. The highest BCUT2D eigenvalue weighted by Crippen LogP contribution is 2.42. The predicted octanol–water partition coefficient (Wildman–Crippen LogP) is 3.20. The molecule has 1 unspecified atom stereocenters. The summed E-state index contributed by atoms with van der Waals surface area (Å²) in [5, 5.41) is 7.42. The molecule has 2 bridgehead atoms. The molecular weight excluding hydrogens is 462 g/mol. The fourth-order valence-electron chi connectivity index (χ4n) is 5.47. The second-order valence-electron chi connectivity index (χ2n) is 9.54. The molecule has 0 aliphatic carbocycles. The van der Waals surface area contributed by atoms with Crippen molar-refractivity contribution in [2.75, 3.05) is 25.0 Å². The van der Waals surface area contributed by atoms with Crippen LogP contribution in [0.15, 0.2) is 65.6 Å². The highest BCUT2D eigenvalue weighted by atomic mass is 32.2. The Balaban J connectivity index is 1.24. The number of rotatable bonds is 7. The van der Waals surface area contributed by atoms with E-state index in [4.69, 9.17) is 5.10 Å². The van der Waals surface area contributed by atoms with E-state index in [1.165, 1.54) is 24.8 Å². The normalized spacial score (nSPS) is 23.8. The molecule has 3 aromatic rings. The van der Waals surface area contributed by atoms with Crippen LogP contribution in [0.4, 0.5) is 5.69 Å². The number of carbonyl (C=O) groups is 1. The molecule has 184 valence electrons. The molecule has 2 aromatic carbocycles. The number of sulfonamides is 1. The first kappa shape index (κ1) is 23.7. The molecule has 1 aromatic heterocycles. The molecule has 0 saturated carbocycles. The molecule has 3 aliphatic heterocycles. The maximum absolute atomic E-state index is 12.9. The van der Waals surface area contributed by atoms with Gasteiger partial charge in [0.25, 0.3) is 0 Å². The number of anilines is 1. The fraction of sp³-hybridized carbons (Fsp3) is 0.385. The van der Waals surface area contributed by atoms with Crippen LogP contribution in [0.1, 0.15) is 31.4 Å². The van der Waals surface area contributed by atoms with Crippen LogP contribution >= 0.6 is 0 Å². The number of fused-ring (bicyclic) bond motifs is 3. The van der Waals surface area contributed by atoms with Crippen LogP contribution in [0, 0.1) is 5.92 Å². The van der Waals surface area contributed by atoms with Gasteiger partial charge < -0.3 is 5.32 Å². The molecule has 3 aliphatic rings. The quantitative estimate of drug-likeness (QED) is 0.527. The third-order valence-corrected chi connectivity index (χ3v) is 8.68. The van der Waals surface area contributed by atoms with Crippen molar-refractivity contribution in [3.05, 3.63) is 66.4 Å². The van der Waals surface area contributed by atoms with Gasteiger partial charge in [0.05, 0.1) is 10.6 Å². The third-order valence-electron chi connectivity index (χ3n) is 7.24. The van der Waals surface area contributed by atoms with Gasteiger partial charge >= 0.3 is 0 Å². The van der Waals surface area contributed by atoms with Crippen molar-refractivity contribution in [3.63, 3.8) is 0 Å². The van der Waals surface area contributed by atoms with Gasteiger partial charge in [0.15, 0.2) is 0 Å². The second-order valence-corrected chi connectivity index (χ2v) is 11.3. The Morgan fingerprint density at radius 3 is 2.51 bits per heavy atom. The molecule has 8 nitrogen and oxygen atoms in total. The molecular formula is C26H31N5O3S. The third kappa shape index (κ3) is 5.03. The summed E-state index contributed by atoms with van der Waals surface area (Å²) in [4.78, 5) is 13.8. The smallest absolute Gasteiger partial charge is 0.240 e. The summed E-state index contributed by atoms with van der Waals surface area (Å²) in [5.41, 5.74) is 3.93. The van der Waals surface area contributed by atoms with Gasteiger partial charge in [0.2, 0.25) is 15.9 Å². The van der Waals surface area contributed by atoms with Gasteiger partial charge in [-0.1, -0.05) is 30.3 Å². The van der Waals surface area contributed by atoms with Gasteiger partial charge in [-0.05, 0) is 55.6 Å². The maximum atomic E-state index is 12.9. The Morgan fingerprint density at radius 1 is 1.11 bits per heavy atom. The second kappa shape index (κ2) is 9.56. The number of nitrogens with zero attached hydrogens (tertiary/aromatic N) is 3. The standard InChI is InChI=1S/C26H31N5O3S/c1-18(32)28-21-8-10-23(11-9-21)35(33,34)27-16-22-14-20-12-13-31(22)17-24(20)26-15-25(29-30(26)2)19-6-4-3-5-7-19/h3-11,15,20,22,24,27H,12-14,16-17H2,1-2H3,(H,28,32)/t20-,22+,24-/m0/s1. The first-order valence-corrected chi connectivity index (χ1v) is 13.5. The van der Waals surface area contributed by atoms with E-state index in [0.717, 1.165) is 37.2 Å². The van der Waals surface area contributed by atoms with Crippen molar-refractivity contribution in [3.8, 4) is 11.3 Å². The zero-order chi connectivity index (χ0) is 24.6. The Bertz CT molecular complexity index is 1300. The summed E-state index contributed by atoms with van der Waals surface area (Å²) >= 11 is 0. The largest absolute Gasteiger partial charge is 0.326 e. The van der Waals surface area contributed by atoms with Crippen molar-refractivity contribution in [2.24, 2.45) is 13.0 Å². The monoisotopic (exact) mass is 493 g/mol. The summed E-state index contributed by atoms with van der Waals surface area (Å²) < 4.78 is 30.5. The van der Waals surface area contributed by atoms with Crippen LogP contribution in [0.2, 0.25) is 0 Å². The van der Waals surface area contributed by atoms with Gasteiger partial charge in [-0.3, -0.25) is 14.4 Å². The van der Waals surface area contributed by atoms with Crippen LogP contribution in [-0.4, -0.2) is 54.7 Å². The zero-order valence-corrected chi connectivity index (χ0v) is 20.8. The number of aryl methyl sites for hydroxylation is 1. The number of benzene rings is 2. The lowest BCUT2D eigenvalue weighted by Crippen LogP contribution is -2.56. The SMILES string of the molecule is CC(=O)Nc1ccc(S(=O)(=O)NC[C@H]2C[C@@H]3CCN2C[C@@H]3c2cc(-c3ccccc3)nn2C)cc1. The Labute approximate surface area is 206 Å². The van der Waals surface area contributed by atoms with E-state index in [2.05, 4.69) is 33.1 Å². The lowest BCUT2D eigenvalue weighted by atomic mass is 9.74. The number of hydrogen-bond donors (Lipinski definition) is 2. The van der Waals surface area contributed by atoms with Crippen molar-refractivity contribution < 1.29 is 13.2 Å². The zero-order valence-electron chi connectivity index (χ0n) is 20.0. The summed E-state index contributed by atoms with van der Waals surface area (Å²) in [6.45, 7) is 3.71. The topological polar surface area (TPSA) is 96.3 Å². The molecule has 1 amide bonds. The van der Waals surface area contributed by atoms with Gasteiger partial charge in [0, 0.05) is 56.0 Å². The van der Waals surface area contributed by atoms with Crippen molar-refractivity contribution >= 4 is 21.6 Å². The first-order chi connectivity index (χ1) is 16.8. The molecule has 35 heavy (non-hydrogen) atoms. The summed E-state index contributed by atoms with van der Waals surface area (Å²) in [5.74, 6) is 0.708. The van der Waals surface area contributed by atoms with E-state index in [1.807, 2.05) is 29.9 Å². The highest BCUT2D eigenvalue weighted by Gasteiger charge is 2.42. The average Bonchev–Trinajstić information content (AvgIpc) is 3.25. The van der Waals surface area contributed by atoms with Crippen LogP contribution < -0.4 is 10.0 Å². The predicted molar refractivity (Wildman–Crippen MR) is 135 cm³/mol. The lowest BCUT2D eigenvalue weighted by Gasteiger charge is -2.49. The van der Waals surface area contributed by atoms with E-state index in [1.54, 1.807) is 12.1 Å². The Morgan fingerprint density at radius 2 is 1.86 bits per heavy atom. The van der Waals surface area contributed by atoms with E-state index >= 15 is 0 Å². The highest BCUT2D eigenvalue weighted by molar-refractivity contribution is 7.89. The summed E-state index contributed by atoms with van der Waals surface area (Å²) in [6, 6.07) is 18.9. The van der Waals surface area contributed by atoms with Gasteiger partial charge in [-0.2, -0.15) is 5.10 Å². The van der Waals surface area contributed by atoms with E-state index in [9.17, 15) is 13.2 Å². The van der Waals surface area contributed by atoms with Crippen molar-refractivity contribution in [1.29, 1.82) is 0 Å². The number of hydrogen-bond acceptors (Lipinski definition) is 5. The van der Waals surface area contributed by atoms with Crippen LogP contribution in [0.3, 0.4) is 0 Å². The molecule has 4 atom stereocenters. The number of nitrogens with one attached hydrogen (secondary N) is 2. The molecule has 0 spiro atoms. The summed E-state index contributed by atoms with van der Waals surface area (Å²) in [7, 11) is -1.61. The molecule has 3 fully saturated rings. The first-order valence-electron chi connectivity index (χ1n) is 12.0. The Kier molecular flexibility index (Phi) is 6.48. The molecule has 2 N–H and O–H groups in total. The minimum Gasteiger partial charge on any atom is -0.326 e. The van der Waals surface area contributed by atoms with Gasteiger partial charge in [-0.15, -0.1) is 0 Å². The van der Waals surface area contributed by atoms with Crippen LogP contribution in [0.25, 0.3) is 11.3 Å². The van der Waals surface area contributed by atoms with Gasteiger partial charge in [0.1, 0.15) is 0 Å². The molecule has 6 rings (SSSR count). The lowest BCUT2D eigenvalue weighted by molar-refractivity contribution is -0.114. The molecule has 0 radical (unpaired) electrons. The summed E-state index contributed by atoms with van der Waals surface area (Å²) in [6.07, 6.45) is 2.07. The molecule has 9 heteroatoms. The number of amides is 1.